The lowest BCUT2D eigenvalue weighted by Gasteiger charge is -2.26. The molecule has 1 aromatic heterocycles. The standard InChI is InChI=1S/C24H26ClNO4/c1-16-12-22(13-17(2)23(16)25)30-18(3)24(27)26(15-21-6-5-11-29-21)14-19-7-9-20(28-4)10-8-19/h5-13,18H,14-15H2,1-4H3. The fourth-order valence-electron chi connectivity index (χ4n) is 3.24. The van der Waals surface area contributed by atoms with Gasteiger partial charge in [0.15, 0.2) is 6.10 Å². The molecule has 0 radical (unpaired) electrons. The van der Waals surface area contributed by atoms with Gasteiger partial charge in [-0.1, -0.05) is 23.7 Å². The molecule has 1 atom stereocenters. The number of benzene rings is 2. The van der Waals surface area contributed by atoms with Crippen molar-refractivity contribution in [2.24, 2.45) is 0 Å². The van der Waals surface area contributed by atoms with E-state index in [1.807, 2.05) is 62.4 Å². The molecule has 0 N–H and O–H groups in total. The molecule has 0 aliphatic carbocycles. The number of hydrogen-bond acceptors (Lipinski definition) is 4. The second kappa shape index (κ2) is 9.72. The molecule has 158 valence electrons. The third-order valence-electron chi connectivity index (χ3n) is 4.84. The van der Waals surface area contributed by atoms with Crippen molar-refractivity contribution in [3.05, 3.63) is 82.3 Å². The molecule has 5 nitrogen and oxygen atoms in total. The molecule has 3 aromatic rings. The molecule has 30 heavy (non-hydrogen) atoms. The van der Waals surface area contributed by atoms with Crippen LogP contribution in [0.5, 0.6) is 11.5 Å². The van der Waals surface area contributed by atoms with Crippen molar-refractivity contribution in [1.82, 2.24) is 4.90 Å². The highest BCUT2D eigenvalue weighted by Gasteiger charge is 2.24. The third-order valence-corrected chi connectivity index (χ3v) is 5.44. The van der Waals surface area contributed by atoms with Crippen LogP contribution in [0.15, 0.2) is 59.2 Å². The van der Waals surface area contributed by atoms with Crippen molar-refractivity contribution in [1.29, 1.82) is 0 Å². The lowest BCUT2D eigenvalue weighted by atomic mass is 10.1. The second-order valence-electron chi connectivity index (χ2n) is 7.25. The maximum absolute atomic E-state index is 13.2. The molecular formula is C24H26ClNO4. The Morgan fingerprint density at radius 3 is 2.30 bits per heavy atom. The molecule has 0 spiro atoms. The van der Waals surface area contributed by atoms with Crippen LogP contribution in [0.25, 0.3) is 0 Å². The van der Waals surface area contributed by atoms with Crippen LogP contribution in [0.3, 0.4) is 0 Å². The number of carbonyl (C=O) groups excluding carboxylic acids is 1. The maximum atomic E-state index is 13.2. The molecule has 0 aliphatic heterocycles. The first-order valence-corrected chi connectivity index (χ1v) is 10.1. The molecule has 1 unspecified atom stereocenters. The van der Waals surface area contributed by atoms with Gasteiger partial charge in [-0.25, -0.2) is 0 Å². The molecule has 0 bridgehead atoms. The summed E-state index contributed by atoms with van der Waals surface area (Å²) in [7, 11) is 1.63. The Morgan fingerprint density at radius 2 is 1.73 bits per heavy atom. The van der Waals surface area contributed by atoms with Crippen LogP contribution in [0, 0.1) is 13.8 Å². The van der Waals surface area contributed by atoms with Crippen LogP contribution in [0.1, 0.15) is 29.4 Å². The monoisotopic (exact) mass is 427 g/mol. The molecule has 6 heteroatoms. The van der Waals surface area contributed by atoms with E-state index in [4.69, 9.17) is 25.5 Å². The third kappa shape index (κ3) is 5.36. The predicted octanol–water partition coefficient (Wildman–Crippen LogP) is 5.55. The normalized spacial score (nSPS) is 11.8. The van der Waals surface area contributed by atoms with Gasteiger partial charge in [-0.3, -0.25) is 4.79 Å². The SMILES string of the molecule is COc1ccc(CN(Cc2ccco2)C(=O)C(C)Oc2cc(C)c(Cl)c(C)c2)cc1. The molecule has 2 aromatic carbocycles. The van der Waals surface area contributed by atoms with Crippen molar-refractivity contribution in [2.45, 2.75) is 40.0 Å². The fraction of sp³-hybridized carbons (Fsp3) is 0.292. The molecular weight excluding hydrogens is 402 g/mol. The highest BCUT2D eigenvalue weighted by molar-refractivity contribution is 6.32. The number of amides is 1. The first kappa shape index (κ1) is 21.8. The Balaban J connectivity index is 1.77. The number of nitrogens with zero attached hydrogens (tertiary/aromatic N) is 1. The van der Waals surface area contributed by atoms with E-state index in [1.54, 1.807) is 25.2 Å². The van der Waals surface area contributed by atoms with E-state index in [0.29, 0.717) is 29.6 Å². The summed E-state index contributed by atoms with van der Waals surface area (Å²) in [5.41, 5.74) is 2.81. The quantitative estimate of drug-likeness (QED) is 0.472. The van der Waals surface area contributed by atoms with Gasteiger partial charge in [0.25, 0.3) is 5.91 Å². The van der Waals surface area contributed by atoms with Crippen molar-refractivity contribution in [3.8, 4) is 11.5 Å². The maximum Gasteiger partial charge on any atom is 0.264 e. The Morgan fingerprint density at radius 1 is 1.07 bits per heavy atom. The van der Waals surface area contributed by atoms with E-state index in [0.717, 1.165) is 22.4 Å². The van der Waals surface area contributed by atoms with Crippen LogP contribution in [-0.4, -0.2) is 24.0 Å². The minimum absolute atomic E-state index is 0.132. The summed E-state index contributed by atoms with van der Waals surface area (Å²) in [5, 5.41) is 0.709. The summed E-state index contributed by atoms with van der Waals surface area (Å²) >= 11 is 6.24. The summed E-state index contributed by atoms with van der Waals surface area (Å²) < 4.78 is 16.6. The number of halogens is 1. The predicted molar refractivity (Wildman–Crippen MR) is 117 cm³/mol. The average Bonchev–Trinajstić information content (AvgIpc) is 3.24. The highest BCUT2D eigenvalue weighted by atomic mass is 35.5. The average molecular weight is 428 g/mol. The zero-order valence-electron chi connectivity index (χ0n) is 17.6. The molecule has 0 saturated heterocycles. The van der Waals surface area contributed by atoms with Gasteiger partial charge in [0.1, 0.15) is 17.3 Å². The van der Waals surface area contributed by atoms with Gasteiger partial charge in [0.2, 0.25) is 0 Å². The summed E-state index contributed by atoms with van der Waals surface area (Å²) in [6, 6.07) is 15.0. The van der Waals surface area contributed by atoms with Crippen molar-refractivity contribution < 1.29 is 18.7 Å². The van der Waals surface area contributed by atoms with E-state index in [2.05, 4.69) is 0 Å². The molecule has 0 aliphatic rings. The Labute approximate surface area is 182 Å². The van der Waals surface area contributed by atoms with Gasteiger partial charge in [0.05, 0.1) is 19.9 Å². The summed E-state index contributed by atoms with van der Waals surface area (Å²) in [6.07, 6.45) is 0.933. The highest BCUT2D eigenvalue weighted by Crippen LogP contribution is 2.27. The molecule has 3 rings (SSSR count). The van der Waals surface area contributed by atoms with E-state index in [9.17, 15) is 4.79 Å². The number of rotatable bonds is 8. The van der Waals surface area contributed by atoms with Gasteiger partial charge < -0.3 is 18.8 Å². The van der Waals surface area contributed by atoms with Gasteiger partial charge in [-0.05, 0) is 73.9 Å². The van der Waals surface area contributed by atoms with Crippen LogP contribution >= 0.6 is 11.6 Å². The number of ether oxygens (including phenoxy) is 2. The lowest BCUT2D eigenvalue weighted by Crippen LogP contribution is -2.39. The van der Waals surface area contributed by atoms with Crippen LogP contribution < -0.4 is 9.47 Å². The van der Waals surface area contributed by atoms with Gasteiger partial charge >= 0.3 is 0 Å². The van der Waals surface area contributed by atoms with Crippen LogP contribution in [0.2, 0.25) is 5.02 Å². The van der Waals surface area contributed by atoms with Gasteiger partial charge in [-0.15, -0.1) is 0 Å². The summed E-state index contributed by atoms with van der Waals surface area (Å²) in [6.45, 7) is 6.37. The smallest absolute Gasteiger partial charge is 0.264 e. The van der Waals surface area contributed by atoms with E-state index in [-0.39, 0.29) is 5.91 Å². The molecule has 0 fully saturated rings. The van der Waals surface area contributed by atoms with Crippen molar-refractivity contribution in [2.75, 3.05) is 7.11 Å². The zero-order chi connectivity index (χ0) is 21.7. The number of methoxy groups -OCH3 is 1. The number of aryl methyl sites for hydroxylation is 2. The van der Waals surface area contributed by atoms with Crippen LogP contribution in [0.4, 0.5) is 0 Å². The largest absolute Gasteiger partial charge is 0.497 e. The van der Waals surface area contributed by atoms with Crippen molar-refractivity contribution >= 4 is 17.5 Å². The second-order valence-corrected chi connectivity index (χ2v) is 7.63. The first-order chi connectivity index (χ1) is 14.4. The summed E-state index contributed by atoms with van der Waals surface area (Å²) in [5.74, 6) is 1.97. The Kier molecular flexibility index (Phi) is 7.06. The molecule has 1 heterocycles. The molecule has 0 saturated carbocycles. The fourth-order valence-corrected chi connectivity index (χ4v) is 3.35. The number of carbonyl (C=O) groups is 1. The minimum Gasteiger partial charge on any atom is -0.497 e. The minimum atomic E-state index is -0.668. The van der Waals surface area contributed by atoms with E-state index >= 15 is 0 Å². The van der Waals surface area contributed by atoms with E-state index < -0.39 is 6.10 Å². The van der Waals surface area contributed by atoms with Gasteiger partial charge in [0, 0.05) is 11.6 Å². The number of furan rings is 1. The Hall–Kier alpha value is -2.92. The van der Waals surface area contributed by atoms with E-state index in [1.165, 1.54) is 0 Å². The van der Waals surface area contributed by atoms with Gasteiger partial charge in [-0.2, -0.15) is 0 Å². The summed E-state index contributed by atoms with van der Waals surface area (Å²) in [4.78, 5) is 15.0. The first-order valence-electron chi connectivity index (χ1n) is 9.75. The lowest BCUT2D eigenvalue weighted by molar-refractivity contribution is -0.139. The van der Waals surface area contributed by atoms with Crippen molar-refractivity contribution in [3.63, 3.8) is 0 Å². The Bertz CT molecular complexity index is 960. The molecule has 1 amide bonds. The topological polar surface area (TPSA) is 51.9 Å². The number of hydrogen-bond donors (Lipinski definition) is 0. The van der Waals surface area contributed by atoms with Crippen LogP contribution in [-0.2, 0) is 17.9 Å². The zero-order valence-corrected chi connectivity index (χ0v) is 18.4.